The highest BCUT2D eigenvalue weighted by Crippen LogP contribution is 2.32. The molecule has 1 saturated heterocycles. The number of alkyl halides is 3. The summed E-state index contributed by atoms with van der Waals surface area (Å²) in [7, 11) is -4.04. The maximum atomic E-state index is 12.7. The summed E-state index contributed by atoms with van der Waals surface area (Å²) in [5.74, 6) is 0. The van der Waals surface area contributed by atoms with Crippen LogP contribution in [0.4, 0.5) is 13.2 Å². The van der Waals surface area contributed by atoms with Crippen molar-refractivity contribution in [1.29, 1.82) is 0 Å². The van der Waals surface area contributed by atoms with Gasteiger partial charge < -0.3 is 5.11 Å². The monoisotopic (exact) mass is 323 g/mol. The van der Waals surface area contributed by atoms with Crippen LogP contribution in [0.25, 0.3) is 0 Å². The second kappa shape index (κ2) is 5.26. The van der Waals surface area contributed by atoms with Crippen molar-refractivity contribution >= 4 is 10.0 Å². The summed E-state index contributed by atoms with van der Waals surface area (Å²) in [6, 6.07) is 3.65. The summed E-state index contributed by atoms with van der Waals surface area (Å²) in [5.41, 5.74) is -2.17. The Kier molecular flexibility index (Phi) is 4.07. The van der Waals surface area contributed by atoms with Crippen molar-refractivity contribution < 1.29 is 26.7 Å². The van der Waals surface area contributed by atoms with Crippen LogP contribution in [0.5, 0.6) is 0 Å². The zero-order chi connectivity index (χ0) is 15.9. The first-order valence-electron chi connectivity index (χ1n) is 6.42. The Hall–Kier alpha value is -1.12. The second-order valence-electron chi connectivity index (χ2n) is 5.46. The third-order valence-corrected chi connectivity index (χ3v) is 5.28. The summed E-state index contributed by atoms with van der Waals surface area (Å²) in [4.78, 5) is -0.407. The Morgan fingerprint density at radius 3 is 2.57 bits per heavy atom. The van der Waals surface area contributed by atoms with E-state index >= 15 is 0 Å². The van der Waals surface area contributed by atoms with Crippen molar-refractivity contribution in [3.63, 3.8) is 0 Å². The summed E-state index contributed by atoms with van der Waals surface area (Å²) in [6.07, 6.45) is -3.67. The quantitative estimate of drug-likeness (QED) is 0.908. The Balaban J connectivity index is 2.36. The Morgan fingerprint density at radius 2 is 2.00 bits per heavy atom. The fraction of sp³-hybridized carbons (Fsp3) is 0.538. The molecule has 4 nitrogen and oxygen atoms in total. The van der Waals surface area contributed by atoms with E-state index in [-0.39, 0.29) is 13.1 Å². The fourth-order valence-corrected chi connectivity index (χ4v) is 4.00. The van der Waals surface area contributed by atoms with Gasteiger partial charge in [-0.3, -0.25) is 0 Å². The largest absolute Gasteiger partial charge is 0.416 e. The van der Waals surface area contributed by atoms with E-state index in [9.17, 15) is 26.7 Å². The molecular weight excluding hydrogens is 307 g/mol. The third-order valence-electron chi connectivity index (χ3n) is 3.44. The van der Waals surface area contributed by atoms with Gasteiger partial charge in [-0.2, -0.15) is 17.5 Å². The Morgan fingerprint density at radius 1 is 1.33 bits per heavy atom. The molecule has 1 aromatic carbocycles. The average Bonchev–Trinajstić information content (AvgIpc) is 2.36. The smallest absolute Gasteiger partial charge is 0.389 e. The molecule has 0 bridgehead atoms. The van der Waals surface area contributed by atoms with Crippen molar-refractivity contribution in [3.05, 3.63) is 29.8 Å². The molecule has 1 unspecified atom stereocenters. The first-order valence-corrected chi connectivity index (χ1v) is 7.86. The van der Waals surface area contributed by atoms with Gasteiger partial charge in [0.05, 0.1) is 16.1 Å². The van der Waals surface area contributed by atoms with Crippen molar-refractivity contribution in [2.24, 2.45) is 0 Å². The molecule has 21 heavy (non-hydrogen) atoms. The number of piperidine rings is 1. The fourth-order valence-electron chi connectivity index (χ4n) is 2.36. The number of hydrogen-bond acceptors (Lipinski definition) is 3. The lowest BCUT2D eigenvalue weighted by Gasteiger charge is -2.36. The highest BCUT2D eigenvalue weighted by atomic mass is 32.2. The van der Waals surface area contributed by atoms with Gasteiger partial charge in [-0.1, -0.05) is 6.07 Å². The summed E-state index contributed by atoms with van der Waals surface area (Å²) >= 11 is 0. The van der Waals surface area contributed by atoms with Gasteiger partial charge in [-0.25, -0.2) is 8.42 Å². The predicted molar refractivity (Wildman–Crippen MR) is 70.1 cm³/mol. The van der Waals surface area contributed by atoms with Crippen molar-refractivity contribution in [1.82, 2.24) is 4.31 Å². The number of benzene rings is 1. The molecule has 1 atom stereocenters. The number of hydrogen-bond donors (Lipinski definition) is 1. The summed E-state index contributed by atoms with van der Waals surface area (Å²) in [6.45, 7) is 1.58. The lowest BCUT2D eigenvalue weighted by atomic mass is 9.97. The molecule has 0 amide bonds. The number of aliphatic hydroxyl groups is 1. The molecule has 1 N–H and O–H groups in total. The van der Waals surface area contributed by atoms with Gasteiger partial charge in [0.15, 0.2) is 0 Å². The van der Waals surface area contributed by atoms with Crippen molar-refractivity contribution in [3.8, 4) is 0 Å². The molecule has 0 saturated carbocycles. The first kappa shape index (κ1) is 16.3. The van der Waals surface area contributed by atoms with Crippen molar-refractivity contribution in [2.75, 3.05) is 13.1 Å². The van der Waals surface area contributed by atoms with E-state index in [0.29, 0.717) is 18.9 Å². The maximum Gasteiger partial charge on any atom is 0.416 e. The molecular formula is C13H16F3NO3S. The molecule has 1 aliphatic rings. The van der Waals surface area contributed by atoms with Crippen LogP contribution in [0.1, 0.15) is 25.3 Å². The first-order chi connectivity index (χ1) is 9.52. The van der Waals surface area contributed by atoms with Crippen LogP contribution in [-0.4, -0.2) is 36.5 Å². The molecule has 1 heterocycles. The minimum Gasteiger partial charge on any atom is -0.389 e. The number of nitrogens with zero attached hydrogens (tertiary/aromatic N) is 1. The van der Waals surface area contributed by atoms with E-state index in [2.05, 4.69) is 0 Å². The van der Waals surface area contributed by atoms with Crippen LogP contribution in [-0.2, 0) is 16.2 Å². The molecule has 0 radical (unpaired) electrons. The number of halogens is 3. The third kappa shape index (κ3) is 3.56. The number of rotatable bonds is 2. The molecule has 8 heteroatoms. The standard InChI is InChI=1S/C13H16F3NO3S/c1-12(18)6-3-7-17(9-12)21(19,20)11-5-2-4-10(8-11)13(14,15)16/h2,4-5,8,18H,3,6-7,9H2,1H3. The van der Waals surface area contributed by atoms with Gasteiger partial charge in [0, 0.05) is 13.1 Å². The molecule has 1 aliphatic heterocycles. The topological polar surface area (TPSA) is 57.6 Å². The molecule has 118 valence electrons. The van der Waals surface area contributed by atoms with E-state index < -0.39 is 32.3 Å². The van der Waals surface area contributed by atoms with Crippen LogP contribution in [0.3, 0.4) is 0 Å². The van der Waals surface area contributed by atoms with Gasteiger partial charge in [0.2, 0.25) is 10.0 Å². The lowest BCUT2D eigenvalue weighted by molar-refractivity contribution is -0.137. The average molecular weight is 323 g/mol. The molecule has 1 aromatic rings. The van der Waals surface area contributed by atoms with Gasteiger partial charge >= 0.3 is 6.18 Å². The summed E-state index contributed by atoms with van der Waals surface area (Å²) in [5, 5.41) is 9.95. The minimum atomic E-state index is -4.60. The van der Waals surface area contributed by atoms with E-state index in [1.54, 1.807) is 0 Å². The van der Waals surface area contributed by atoms with E-state index in [1.165, 1.54) is 6.92 Å². The molecule has 1 fully saturated rings. The normalized spacial score (nSPS) is 25.0. The zero-order valence-corrected chi connectivity index (χ0v) is 12.2. The number of sulfonamides is 1. The van der Waals surface area contributed by atoms with E-state index in [4.69, 9.17) is 0 Å². The minimum absolute atomic E-state index is 0.119. The molecule has 2 rings (SSSR count). The molecule has 0 aliphatic carbocycles. The highest BCUT2D eigenvalue weighted by Gasteiger charge is 2.37. The predicted octanol–water partition coefficient (Wildman–Crippen LogP) is 2.24. The van der Waals surface area contributed by atoms with E-state index in [1.807, 2.05) is 0 Å². The van der Waals surface area contributed by atoms with Crippen LogP contribution in [0, 0.1) is 0 Å². The SMILES string of the molecule is CC1(O)CCCN(S(=O)(=O)c2cccc(C(F)(F)F)c2)C1. The zero-order valence-electron chi connectivity index (χ0n) is 11.4. The summed E-state index contributed by atoms with van der Waals surface area (Å²) < 4.78 is 63.9. The van der Waals surface area contributed by atoms with Gasteiger partial charge in [-0.05, 0) is 38.0 Å². The van der Waals surface area contributed by atoms with Crippen LogP contribution in [0.15, 0.2) is 29.2 Å². The highest BCUT2D eigenvalue weighted by molar-refractivity contribution is 7.89. The van der Waals surface area contributed by atoms with Crippen LogP contribution in [0.2, 0.25) is 0 Å². The van der Waals surface area contributed by atoms with Gasteiger partial charge in [0.1, 0.15) is 0 Å². The van der Waals surface area contributed by atoms with Crippen molar-refractivity contribution in [2.45, 2.75) is 36.4 Å². The van der Waals surface area contributed by atoms with Crippen LogP contribution < -0.4 is 0 Å². The van der Waals surface area contributed by atoms with E-state index in [0.717, 1.165) is 22.5 Å². The van der Waals surface area contributed by atoms with Gasteiger partial charge in [-0.15, -0.1) is 0 Å². The molecule has 0 aromatic heterocycles. The lowest BCUT2D eigenvalue weighted by Crippen LogP contribution is -2.48. The number of β-amino-alcohol motifs (C(OH)–C–C–N with tert-alkyl or cyclic N) is 1. The van der Waals surface area contributed by atoms with Crippen LogP contribution >= 0.6 is 0 Å². The molecule has 0 spiro atoms. The van der Waals surface area contributed by atoms with Gasteiger partial charge in [0.25, 0.3) is 0 Å². The Bertz CT molecular complexity index is 626. The Labute approximate surface area is 121 Å². The second-order valence-corrected chi connectivity index (χ2v) is 7.40. The maximum absolute atomic E-state index is 12.7.